The predicted molar refractivity (Wildman–Crippen MR) is 63.6 cm³/mol. The van der Waals surface area contributed by atoms with Gasteiger partial charge >= 0.3 is 6.09 Å². The maximum Gasteiger partial charge on any atom is 0.410 e. The van der Waals surface area contributed by atoms with Crippen molar-refractivity contribution in [1.82, 2.24) is 14.5 Å². The van der Waals surface area contributed by atoms with Crippen molar-refractivity contribution in [3.05, 3.63) is 18.2 Å². The molecule has 1 amide bonds. The summed E-state index contributed by atoms with van der Waals surface area (Å²) < 4.78 is 7.47. The molecule has 17 heavy (non-hydrogen) atoms. The minimum Gasteiger partial charge on any atom is -0.444 e. The van der Waals surface area contributed by atoms with Crippen molar-refractivity contribution in [1.29, 1.82) is 0 Å². The van der Waals surface area contributed by atoms with Crippen molar-refractivity contribution >= 4 is 6.09 Å². The number of hydrogen-bond acceptors (Lipinski definition) is 3. The van der Waals surface area contributed by atoms with Gasteiger partial charge in [-0.25, -0.2) is 9.78 Å². The summed E-state index contributed by atoms with van der Waals surface area (Å²) in [6.07, 6.45) is 3.45. The number of rotatable bonds is 0. The molecule has 1 aliphatic heterocycles. The fourth-order valence-corrected chi connectivity index (χ4v) is 1.98. The summed E-state index contributed by atoms with van der Waals surface area (Å²) in [7, 11) is 0. The number of hydrogen-bond donors (Lipinski definition) is 0. The summed E-state index contributed by atoms with van der Waals surface area (Å²) in [5.74, 6) is 0.912. The first-order valence-electron chi connectivity index (χ1n) is 5.86. The van der Waals surface area contributed by atoms with Gasteiger partial charge in [0.25, 0.3) is 0 Å². The molecule has 0 bridgehead atoms. The van der Waals surface area contributed by atoms with Gasteiger partial charge in [-0.2, -0.15) is 0 Å². The summed E-state index contributed by atoms with van der Waals surface area (Å²) >= 11 is 0. The van der Waals surface area contributed by atoms with E-state index in [1.165, 1.54) is 0 Å². The Hall–Kier alpha value is -1.52. The van der Waals surface area contributed by atoms with Gasteiger partial charge in [0.2, 0.25) is 0 Å². The van der Waals surface area contributed by atoms with Crippen LogP contribution in [0.3, 0.4) is 0 Å². The van der Waals surface area contributed by atoms with E-state index >= 15 is 0 Å². The normalized spacial score (nSPS) is 20.0. The van der Waals surface area contributed by atoms with Gasteiger partial charge < -0.3 is 9.30 Å². The Balaban J connectivity index is 2.09. The fraction of sp³-hybridized carbons (Fsp3) is 0.667. The Kier molecular flexibility index (Phi) is 2.85. The lowest BCUT2D eigenvalue weighted by atomic mass is 10.2. The number of fused-ring (bicyclic) bond motifs is 1. The molecule has 0 spiro atoms. The molecule has 0 aliphatic carbocycles. The summed E-state index contributed by atoms with van der Waals surface area (Å²) in [5, 5.41) is 0. The SMILES string of the molecule is CC1CN(C(=O)OC(C)(C)C)Cc2nccn21. The van der Waals surface area contributed by atoms with Crippen molar-refractivity contribution in [2.75, 3.05) is 6.54 Å². The number of carbonyl (C=O) groups is 1. The van der Waals surface area contributed by atoms with Crippen LogP contribution in [0.2, 0.25) is 0 Å². The van der Waals surface area contributed by atoms with Crippen molar-refractivity contribution < 1.29 is 9.53 Å². The number of amides is 1. The molecule has 0 N–H and O–H groups in total. The van der Waals surface area contributed by atoms with E-state index in [-0.39, 0.29) is 12.1 Å². The Morgan fingerprint density at radius 3 is 2.88 bits per heavy atom. The Bertz CT molecular complexity index is 420. The smallest absolute Gasteiger partial charge is 0.410 e. The first-order valence-corrected chi connectivity index (χ1v) is 5.86. The van der Waals surface area contributed by atoms with Crippen LogP contribution >= 0.6 is 0 Å². The zero-order valence-electron chi connectivity index (χ0n) is 10.8. The molecule has 1 unspecified atom stereocenters. The van der Waals surface area contributed by atoms with Gasteiger partial charge in [-0.15, -0.1) is 0 Å². The molecule has 1 atom stereocenters. The lowest BCUT2D eigenvalue weighted by Gasteiger charge is -2.33. The van der Waals surface area contributed by atoms with Crippen LogP contribution < -0.4 is 0 Å². The molecule has 1 aromatic heterocycles. The zero-order valence-corrected chi connectivity index (χ0v) is 10.8. The summed E-state index contributed by atoms with van der Waals surface area (Å²) in [6.45, 7) is 8.88. The van der Waals surface area contributed by atoms with Gasteiger partial charge in [0.1, 0.15) is 11.4 Å². The topological polar surface area (TPSA) is 47.4 Å². The highest BCUT2D eigenvalue weighted by Crippen LogP contribution is 2.21. The summed E-state index contributed by atoms with van der Waals surface area (Å²) in [6, 6.07) is 0.244. The highest BCUT2D eigenvalue weighted by atomic mass is 16.6. The number of nitrogens with zero attached hydrogens (tertiary/aromatic N) is 3. The van der Waals surface area contributed by atoms with E-state index < -0.39 is 5.60 Å². The number of ether oxygens (including phenoxy) is 1. The molecule has 5 nitrogen and oxygen atoms in total. The largest absolute Gasteiger partial charge is 0.444 e. The van der Waals surface area contributed by atoms with E-state index in [1.54, 1.807) is 11.1 Å². The van der Waals surface area contributed by atoms with Gasteiger partial charge in [0.15, 0.2) is 0 Å². The van der Waals surface area contributed by atoms with E-state index in [2.05, 4.69) is 16.5 Å². The predicted octanol–water partition coefficient (Wildman–Crippen LogP) is 2.19. The molecule has 2 rings (SSSR count). The van der Waals surface area contributed by atoms with Crippen LogP contribution in [-0.4, -0.2) is 32.7 Å². The Morgan fingerprint density at radius 2 is 2.24 bits per heavy atom. The van der Waals surface area contributed by atoms with Crippen LogP contribution in [0.1, 0.15) is 39.6 Å². The van der Waals surface area contributed by atoms with Gasteiger partial charge in [-0.05, 0) is 27.7 Å². The van der Waals surface area contributed by atoms with E-state index in [1.807, 2.05) is 27.0 Å². The van der Waals surface area contributed by atoms with Crippen molar-refractivity contribution in [3.63, 3.8) is 0 Å². The highest BCUT2D eigenvalue weighted by Gasteiger charge is 2.29. The third-order valence-corrected chi connectivity index (χ3v) is 2.69. The molecule has 0 radical (unpaired) electrons. The average Bonchev–Trinajstić information content (AvgIpc) is 2.63. The molecule has 2 heterocycles. The highest BCUT2D eigenvalue weighted by molar-refractivity contribution is 5.68. The third kappa shape index (κ3) is 2.60. The lowest BCUT2D eigenvalue weighted by Crippen LogP contribution is -2.42. The van der Waals surface area contributed by atoms with Crippen LogP contribution in [-0.2, 0) is 11.3 Å². The van der Waals surface area contributed by atoms with Crippen LogP contribution in [0.5, 0.6) is 0 Å². The molecule has 0 saturated heterocycles. The molecule has 94 valence electrons. The second kappa shape index (κ2) is 4.05. The number of aromatic nitrogens is 2. The van der Waals surface area contributed by atoms with Gasteiger partial charge in [-0.1, -0.05) is 0 Å². The molecular weight excluding hydrogens is 218 g/mol. The fourth-order valence-electron chi connectivity index (χ4n) is 1.98. The number of imidazole rings is 1. The molecule has 1 aliphatic rings. The summed E-state index contributed by atoms with van der Waals surface area (Å²) in [4.78, 5) is 17.9. The first kappa shape index (κ1) is 12.0. The average molecular weight is 237 g/mol. The van der Waals surface area contributed by atoms with Gasteiger partial charge in [0, 0.05) is 25.0 Å². The second-order valence-electron chi connectivity index (χ2n) is 5.46. The van der Waals surface area contributed by atoms with Crippen LogP contribution in [0, 0.1) is 0 Å². The van der Waals surface area contributed by atoms with Crippen molar-refractivity contribution in [2.45, 2.75) is 45.9 Å². The monoisotopic (exact) mass is 237 g/mol. The van der Waals surface area contributed by atoms with Crippen LogP contribution in [0.25, 0.3) is 0 Å². The molecule has 1 aromatic rings. The Labute approximate surface area is 101 Å². The standard InChI is InChI=1S/C12H19N3O2/c1-9-7-14(11(16)17-12(2,3)4)8-10-13-5-6-15(9)10/h5-6,9H,7-8H2,1-4H3. The maximum absolute atomic E-state index is 12.0. The molecule has 0 saturated carbocycles. The second-order valence-corrected chi connectivity index (χ2v) is 5.46. The van der Waals surface area contributed by atoms with E-state index in [4.69, 9.17) is 4.74 Å². The van der Waals surface area contributed by atoms with Crippen molar-refractivity contribution in [3.8, 4) is 0 Å². The lowest BCUT2D eigenvalue weighted by molar-refractivity contribution is 0.0169. The molecule has 5 heteroatoms. The quantitative estimate of drug-likeness (QED) is 0.695. The number of carbonyl (C=O) groups excluding carboxylic acids is 1. The van der Waals surface area contributed by atoms with Crippen molar-refractivity contribution in [2.24, 2.45) is 0 Å². The Morgan fingerprint density at radius 1 is 1.53 bits per heavy atom. The third-order valence-electron chi connectivity index (χ3n) is 2.69. The van der Waals surface area contributed by atoms with Crippen LogP contribution in [0.4, 0.5) is 4.79 Å². The van der Waals surface area contributed by atoms with E-state index in [9.17, 15) is 4.79 Å². The van der Waals surface area contributed by atoms with E-state index in [0.717, 1.165) is 5.82 Å². The van der Waals surface area contributed by atoms with E-state index in [0.29, 0.717) is 13.1 Å². The maximum atomic E-state index is 12.0. The minimum atomic E-state index is -0.451. The van der Waals surface area contributed by atoms with Crippen LogP contribution in [0.15, 0.2) is 12.4 Å². The van der Waals surface area contributed by atoms with Gasteiger partial charge in [0.05, 0.1) is 6.54 Å². The minimum absolute atomic E-state index is 0.244. The zero-order chi connectivity index (χ0) is 12.6. The van der Waals surface area contributed by atoms with Gasteiger partial charge in [-0.3, -0.25) is 4.90 Å². The molecular formula is C12H19N3O2. The first-order chi connectivity index (χ1) is 7.87. The summed E-state index contributed by atoms with van der Waals surface area (Å²) in [5.41, 5.74) is -0.451. The molecule has 0 fully saturated rings. The molecule has 0 aromatic carbocycles.